The number of rotatable bonds is 4. The van der Waals surface area contributed by atoms with Gasteiger partial charge in [0, 0.05) is 6.54 Å². The molecule has 1 amide bonds. The Labute approximate surface area is 92.9 Å². The molecule has 0 saturated carbocycles. The zero-order valence-corrected chi connectivity index (χ0v) is 8.44. The van der Waals surface area contributed by atoms with Crippen LogP contribution in [0.25, 0.3) is 0 Å². The lowest BCUT2D eigenvalue weighted by atomic mass is 10.3. The van der Waals surface area contributed by atoms with Gasteiger partial charge in [0.15, 0.2) is 0 Å². The second-order valence-electron chi connectivity index (χ2n) is 3.06. The lowest BCUT2D eigenvalue weighted by Crippen LogP contribution is -2.41. The summed E-state index contributed by atoms with van der Waals surface area (Å²) in [6.07, 6.45) is -4.59. The van der Waals surface area contributed by atoms with Gasteiger partial charge in [-0.2, -0.15) is 13.2 Å². The predicted octanol–water partition coefficient (Wildman–Crippen LogP) is -0.351. The van der Waals surface area contributed by atoms with Gasteiger partial charge >= 0.3 is 6.18 Å². The van der Waals surface area contributed by atoms with Gasteiger partial charge in [-0.1, -0.05) is 0 Å². The molecule has 0 radical (unpaired) electrons. The fourth-order valence-electron chi connectivity index (χ4n) is 1.08. The molecule has 0 fully saturated rings. The first-order valence-electron chi connectivity index (χ1n) is 4.40. The van der Waals surface area contributed by atoms with E-state index in [1.54, 1.807) is 0 Å². The maximum Gasteiger partial charge on any atom is 0.406 e. The maximum atomic E-state index is 12.2. The number of halogens is 3. The number of alkyl halides is 3. The first-order chi connectivity index (χ1) is 7.85. The quantitative estimate of drug-likeness (QED) is 0.760. The Balaban J connectivity index is 2.84. The normalized spacial score (nSPS) is 11.5. The van der Waals surface area contributed by atoms with Crippen molar-refractivity contribution in [2.75, 3.05) is 25.4 Å². The van der Waals surface area contributed by atoms with E-state index in [0.29, 0.717) is 4.90 Å². The Bertz CT molecular complexity index is 392. The van der Waals surface area contributed by atoms with Gasteiger partial charge < -0.3 is 15.7 Å². The number of carbonyl (C=O) groups is 1. The number of aliphatic hydroxyl groups is 1. The Morgan fingerprint density at radius 1 is 1.47 bits per heavy atom. The first-order valence-corrected chi connectivity index (χ1v) is 4.40. The Kier molecular flexibility index (Phi) is 3.89. The van der Waals surface area contributed by atoms with Crippen LogP contribution < -0.4 is 5.73 Å². The second kappa shape index (κ2) is 4.99. The van der Waals surface area contributed by atoms with Crippen LogP contribution in [-0.4, -0.2) is 52.1 Å². The highest BCUT2D eigenvalue weighted by molar-refractivity contribution is 5.96. The fourth-order valence-corrected chi connectivity index (χ4v) is 1.08. The maximum absolute atomic E-state index is 12.2. The van der Waals surface area contributed by atoms with Gasteiger partial charge in [-0.25, -0.2) is 4.63 Å². The molecule has 0 aliphatic carbocycles. The van der Waals surface area contributed by atoms with Crippen molar-refractivity contribution in [1.29, 1.82) is 0 Å². The predicted molar refractivity (Wildman–Crippen MR) is 47.8 cm³/mol. The van der Waals surface area contributed by atoms with Crippen LogP contribution in [0.2, 0.25) is 0 Å². The van der Waals surface area contributed by atoms with Gasteiger partial charge in [0.2, 0.25) is 11.5 Å². The Morgan fingerprint density at radius 2 is 2.12 bits per heavy atom. The molecule has 0 aromatic carbocycles. The smallest absolute Gasteiger partial charge is 0.395 e. The molecule has 1 aromatic heterocycles. The molecule has 17 heavy (non-hydrogen) atoms. The highest BCUT2D eigenvalue weighted by Crippen LogP contribution is 2.18. The van der Waals surface area contributed by atoms with Crippen molar-refractivity contribution in [3.05, 3.63) is 5.69 Å². The molecule has 3 N–H and O–H groups in total. The number of anilines is 1. The van der Waals surface area contributed by atoms with E-state index >= 15 is 0 Å². The summed E-state index contributed by atoms with van der Waals surface area (Å²) in [5.74, 6) is -1.50. The van der Waals surface area contributed by atoms with E-state index in [2.05, 4.69) is 14.9 Å². The summed E-state index contributed by atoms with van der Waals surface area (Å²) in [5, 5.41) is 14.8. The van der Waals surface area contributed by atoms with Gasteiger partial charge in [-0.3, -0.25) is 4.79 Å². The highest BCUT2D eigenvalue weighted by Gasteiger charge is 2.34. The molecule has 0 spiro atoms. The molecule has 1 heterocycles. The number of aromatic nitrogens is 2. The van der Waals surface area contributed by atoms with E-state index in [0.717, 1.165) is 0 Å². The zero-order valence-electron chi connectivity index (χ0n) is 8.44. The average Bonchev–Trinajstić information content (AvgIpc) is 2.61. The van der Waals surface area contributed by atoms with Crippen molar-refractivity contribution in [2.24, 2.45) is 0 Å². The van der Waals surface area contributed by atoms with Crippen molar-refractivity contribution >= 4 is 11.7 Å². The van der Waals surface area contributed by atoms with Crippen molar-refractivity contribution < 1.29 is 27.7 Å². The molecule has 0 saturated heterocycles. The molecule has 7 nitrogen and oxygen atoms in total. The largest absolute Gasteiger partial charge is 0.406 e. The third-order valence-corrected chi connectivity index (χ3v) is 1.74. The van der Waals surface area contributed by atoms with Crippen molar-refractivity contribution in [3.8, 4) is 0 Å². The summed E-state index contributed by atoms with van der Waals surface area (Å²) in [4.78, 5) is 11.9. The summed E-state index contributed by atoms with van der Waals surface area (Å²) in [5.41, 5.74) is 4.67. The van der Waals surface area contributed by atoms with Crippen LogP contribution in [-0.2, 0) is 0 Å². The highest BCUT2D eigenvalue weighted by atomic mass is 19.4. The lowest BCUT2D eigenvalue weighted by Gasteiger charge is -2.21. The number of amides is 1. The number of hydrogen-bond acceptors (Lipinski definition) is 6. The number of nitrogens with two attached hydrogens (primary N) is 1. The summed E-state index contributed by atoms with van der Waals surface area (Å²) >= 11 is 0. The standard InChI is InChI=1S/C7H9F3N4O3/c8-7(9,10)3-14(1-2-15)6(16)4-5(11)13-17-12-4/h15H,1-3H2,(H2,11,13). The van der Waals surface area contributed by atoms with E-state index in [1.807, 2.05) is 0 Å². The molecule has 0 bridgehead atoms. The topological polar surface area (TPSA) is 105 Å². The SMILES string of the molecule is Nc1nonc1C(=O)N(CCO)CC(F)(F)F. The number of nitrogen functional groups attached to an aromatic ring is 1. The van der Waals surface area contributed by atoms with Crippen molar-refractivity contribution in [2.45, 2.75) is 6.18 Å². The van der Waals surface area contributed by atoms with Crippen LogP contribution in [0, 0.1) is 0 Å². The number of nitrogens with zero attached hydrogens (tertiary/aromatic N) is 3. The minimum absolute atomic E-state index is 0.357. The van der Waals surface area contributed by atoms with E-state index in [1.165, 1.54) is 0 Å². The fraction of sp³-hybridized carbons (Fsp3) is 0.571. The molecule has 10 heteroatoms. The molecular weight excluding hydrogens is 245 g/mol. The zero-order chi connectivity index (χ0) is 13.1. The van der Waals surface area contributed by atoms with Gasteiger partial charge in [0.05, 0.1) is 6.61 Å². The third-order valence-electron chi connectivity index (χ3n) is 1.74. The number of aliphatic hydroxyl groups excluding tert-OH is 1. The van der Waals surface area contributed by atoms with E-state index in [-0.39, 0.29) is 0 Å². The van der Waals surface area contributed by atoms with Crippen LogP contribution in [0.15, 0.2) is 4.63 Å². The second-order valence-corrected chi connectivity index (χ2v) is 3.06. The van der Waals surface area contributed by atoms with E-state index < -0.39 is 43.3 Å². The molecule has 96 valence electrons. The Hall–Kier alpha value is -1.84. The summed E-state index contributed by atoms with van der Waals surface area (Å²) in [7, 11) is 0. The van der Waals surface area contributed by atoms with E-state index in [9.17, 15) is 18.0 Å². The minimum Gasteiger partial charge on any atom is -0.395 e. The summed E-state index contributed by atoms with van der Waals surface area (Å²) < 4.78 is 40.6. The van der Waals surface area contributed by atoms with Crippen molar-refractivity contribution in [1.82, 2.24) is 15.2 Å². The molecular formula is C7H9F3N4O3. The number of hydrogen-bond donors (Lipinski definition) is 2. The van der Waals surface area contributed by atoms with Crippen LogP contribution in [0.1, 0.15) is 10.5 Å². The van der Waals surface area contributed by atoms with Gasteiger partial charge in [-0.05, 0) is 10.3 Å². The number of carbonyl (C=O) groups excluding carboxylic acids is 1. The van der Waals surface area contributed by atoms with Crippen molar-refractivity contribution in [3.63, 3.8) is 0 Å². The molecule has 0 unspecified atom stereocenters. The van der Waals surface area contributed by atoms with Gasteiger partial charge in [0.1, 0.15) is 6.54 Å². The molecule has 0 atom stereocenters. The third kappa shape index (κ3) is 3.59. The monoisotopic (exact) mass is 254 g/mol. The van der Waals surface area contributed by atoms with Crippen LogP contribution in [0.4, 0.5) is 19.0 Å². The average molecular weight is 254 g/mol. The van der Waals surface area contributed by atoms with Crippen LogP contribution >= 0.6 is 0 Å². The molecule has 1 rings (SSSR count). The first kappa shape index (κ1) is 13.2. The van der Waals surface area contributed by atoms with Crippen LogP contribution in [0.3, 0.4) is 0 Å². The van der Waals surface area contributed by atoms with Gasteiger partial charge in [0.25, 0.3) is 5.91 Å². The van der Waals surface area contributed by atoms with Crippen LogP contribution in [0.5, 0.6) is 0 Å². The van der Waals surface area contributed by atoms with E-state index in [4.69, 9.17) is 10.8 Å². The summed E-state index contributed by atoms with van der Waals surface area (Å²) in [6.45, 7) is -2.63. The molecule has 1 aromatic rings. The lowest BCUT2D eigenvalue weighted by molar-refractivity contribution is -0.141. The minimum atomic E-state index is -4.59. The van der Waals surface area contributed by atoms with Gasteiger partial charge in [-0.15, -0.1) is 0 Å². The Morgan fingerprint density at radius 3 is 2.53 bits per heavy atom. The molecule has 0 aliphatic rings. The summed E-state index contributed by atoms with van der Waals surface area (Å²) in [6, 6.07) is 0. The molecule has 0 aliphatic heterocycles.